The number of pyridine rings is 1. The first-order valence-electron chi connectivity index (χ1n) is 3.81. The highest BCUT2D eigenvalue weighted by Gasteiger charge is 2.22. The SMILES string of the molecule is CC(C(=O)O)C(=O)c1ccccn1. The topological polar surface area (TPSA) is 67.3 Å². The van der Waals surface area contributed by atoms with Crippen molar-refractivity contribution in [2.75, 3.05) is 0 Å². The maximum absolute atomic E-state index is 11.3. The van der Waals surface area contributed by atoms with Gasteiger partial charge in [-0.2, -0.15) is 0 Å². The van der Waals surface area contributed by atoms with Crippen molar-refractivity contribution in [3.05, 3.63) is 30.1 Å². The largest absolute Gasteiger partial charge is 0.481 e. The van der Waals surface area contributed by atoms with E-state index in [0.29, 0.717) is 0 Å². The van der Waals surface area contributed by atoms with Crippen LogP contribution in [0.1, 0.15) is 17.4 Å². The van der Waals surface area contributed by atoms with Crippen LogP contribution in [0.4, 0.5) is 0 Å². The molecule has 0 aliphatic heterocycles. The van der Waals surface area contributed by atoms with E-state index in [-0.39, 0.29) is 5.69 Å². The summed E-state index contributed by atoms with van der Waals surface area (Å²) >= 11 is 0. The highest BCUT2D eigenvalue weighted by atomic mass is 16.4. The highest BCUT2D eigenvalue weighted by molar-refractivity contribution is 6.06. The number of aliphatic carboxylic acids is 1. The van der Waals surface area contributed by atoms with E-state index in [1.54, 1.807) is 12.1 Å². The molecule has 1 N–H and O–H groups in total. The van der Waals surface area contributed by atoms with Crippen molar-refractivity contribution in [1.29, 1.82) is 0 Å². The van der Waals surface area contributed by atoms with E-state index in [4.69, 9.17) is 5.11 Å². The lowest BCUT2D eigenvalue weighted by Gasteiger charge is -2.02. The quantitative estimate of drug-likeness (QED) is 0.554. The fraction of sp³-hybridized carbons (Fsp3) is 0.222. The number of aromatic nitrogens is 1. The molecule has 68 valence electrons. The number of rotatable bonds is 3. The smallest absolute Gasteiger partial charge is 0.314 e. The zero-order valence-corrected chi connectivity index (χ0v) is 7.10. The van der Waals surface area contributed by atoms with Crippen LogP contribution in [0.5, 0.6) is 0 Å². The van der Waals surface area contributed by atoms with Gasteiger partial charge in [0, 0.05) is 6.20 Å². The monoisotopic (exact) mass is 179 g/mol. The molecule has 1 atom stereocenters. The fourth-order valence-corrected chi connectivity index (χ4v) is 0.842. The molecule has 1 heterocycles. The highest BCUT2D eigenvalue weighted by Crippen LogP contribution is 2.05. The van der Waals surface area contributed by atoms with Crippen molar-refractivity contribution in [3.8, 4) is 0 Å². The Kier molecular flexibility index (Phi) is 2.74. The number of carboxylic acids is 1. The van der Waals surface area contributed by atoms with Gasteiger partial charge < -0.3 is 5.11 Å². The molecule has 0 aromatic carbocycles. The number of hydrogen-bond donors (Lipinski definition) is 1. The van der Waals surface area contributed by atoms with Crippen LogP contribution in [0.15, 0.2) is 24.4 Å². The molecular formula is C9H9NO3. The molecule has 0 amide bonds. The van der Waals surface area contributed by atoms with Crippen molar-refractivity contribution in [1.82, 2.24) is 4.98 Å². The zero-order valence-electron chi connectivity index (χ0n) is 7.10. The van der Waals surface area contributed by atoms with Crippen molar-refractivity contribution in [2.45, 2.75) is 6.92 Å². The van der Waals surface area contributed by atoms with Crippen LogP contribution < -0.4 is 0 Å². The average molecular weight is 179 g/mol. The Bertz CT molecular complexity index is 321. The molecule has 0 saturated carbocycles. The van der Waals surface area contributed by atoms with Gasteiger partial charge in [-0.3, -0.25) is 14.6 Å². The Labute approximate surface area is 75.2 Å². The third-order valence-electron chi connectivity index (χ3n) is 1.68. The van der Waals surface area contributed by atoms with Crippen LogP contribution in [0, 0.1) is 5.92 Å². The summed E-state index contributed by atoms with van der Waals surface area (Å²) in [5.74, 6) is -2.63. The lowest BCUT2D eigenvalue weighted by atomic mass is 10.0. The molecule has 1 unspecified atom stereocenters. The average Bonchev–Trinajstić information content (AvgIpc) is 2.17. The minimum absolute atomic E-state index is 0.192. The van der Waals surface area contributed by atoms with Crippen LogP contribution in [-0.2, 0) is 4.79 Å². The Morgan fingerprint density at radius 3 is 2.62 bits per heavy atom. The standard InChI is InChI=1S/C9H9NO3/c1-6(9(12)13)8(11)7-4-2-3-5-10-7/h2-6H,1H3,(H,12,13). The summed E-state index contributed by atoms with van der Waals surface area (Å²) in [6.45, 7) is 1.35. The molecule has 0 bridgehead atoms. The Morgan fingerprint density at radius 2 is 2.15 bits per heavy atom. The molecule has 0 spiro atoms. The second kappa shape index (κ2) is 3.80. The fourth-order valence-electron chi connectivity index (χ4n) is 0.842. The van der Waals surface area contributed by atoms with E-state index in [9.17, 15) is 9.59 Å². The molecule has 1 aromatic heterocycles. The maximum atomic E-state index is 11.3. The van der Waals surface area contributed by atoms with Crippen molar-refractivity contribution in [2.24, 2.45) is 5.92 Å². The number of carbonyl (C=O) groups is 2. The Hall–Kier alpha value is -1.71. The summed E-state index contributed by atoms with van der Waals surface area (Å²) in [4.78, 5) is 25.6. The predicted octanol–water partition coefficient (Wildman–Crippen LogP) is 0.985. The molecule has 0 radical (unpaired) electrons. The van der Waals surface area contributed by atoms with Crippen LogP contribution in [-0.4, -0.2) is 21.8 Å². The Balaban J connectivity index is 2.86. The summed E-state index contributed by atoms with van der Waals surface area (Å²) < 4.78 is 0. The normalized spacial score (nSPS) is 12.1. The number of Topliss-reactive ketones (excluding diaryl/α,β-unsaturated/α-hetero) is 1. The molecule has 0 aliphatic rings. The van der Waals surface area contributed by atoms with Crippen LogP contribution >= 0.6 is 0 Å². The Morgan fingerprint density at radius 1 is 1.46 bits per heavy atom. The van der Waals surface area contributed by atoms with Gasteiger partial charge in [-0.1, -0.05) is 6.07 Å². The third kappa shape index (κ3) is 2.11. The minimum Gasteiger partial charge on any atom is -0.481 e. The van der Waals surface area contributed by atoms with Gasteiger partial charge in [0.25, 0.3) is 0 Å². The van der Waals surface area contributed by atoms with E-state index in [2.05, 4.69) is 4.98 Å². The number of hydrogen-bond acceptors (Lipinski definition) is 3. The molecule has 13 heavy (non-hydrogen) atoms. The van der Waals surface area contributed by atoms with Gasteiger partial charge in [0.2, 0.25) is 0 Å². The molecular weight excluding hydrogens is 170 g/mol. The van der Waals surface area contributed by atoms with Gasteiger partial charge in [-0.25, -0.2) is 0 Å². The third-order valence-corrected chi connectivity index (χ3v) is 1.68. The summed E-state index contributed by atoms with van der Waals surface area (Å²) in [6.07, 6.45) is 1.46. The summed E-state index contributed by atoms with van der Waals surface area (Å²) in [7, 11) is 0. The second-order valence-electron chi connectivity index (χ2n) is 2.64. The van der Waals surface area contributed by atoms with Gasteiger partial charge in [-0.05, 0) is 19.1 Å². The molecule has 1 aromatic rings. The van der Waals surface area contributed by atoms with E-state index < -0.39 is 17.7 Å². The minimum atomic E-state index is -1.13. The van der Waals surface area contributed by atoms with Crippen LogP contribution in [0.25, 0.3) is 0 Å². The van der Waals surface area contributed by atoms with E-state index in [1.807, 2.05) is 0 Å². The van der Waals surface area contributed by atoms with Gasteiger partial charge >= 0.3 is 5.97 Å². The second-order valence-corrected chi connectivity index (χ2v) is 2.64. The summed E-state index contributed by atoms with van der Waals surface area (Å²) in [5.41, 5.74) is 0.192. The number of carboxylic acid groups (broad SMARTS) is 1. The molecule has 4 nitrogen and oxygen atoms in total. The van der Waals surface area contributed by atoms with Crippen LogP contribution in [0.2, 0.25) is 0 Å². The predicted molar refractivity (Wildman–Crippen MR) is 45.4 cm³/mol. The molecule has 0 fully saturated rings. The molecule has 1 rings (SSSR count). The lowest BCUT2D eigenvalue weighted by molar-refractivity contribution is -0.139. The van der Waals surface area contributed by atoms with Gasteiger partial charge in [0.05, 0.1) is 0 Å². The number of nitrogens with zero attached hydrogens (tertiary/aromatic N) is 1. The van der Waals surface area contributed by atoms with Gasteiger partial charge in [0.1, 0.15) is 11.6 Å². The lowest BCUT2D eigenvalue weighted by Crippen LogP contribution is -2.21. The number of carbonyl (C=O) groups excluding carboxylic acids is 1. The van der Waals surface area contributed by atoms with E-state index in [1.165, 1.54) is 19.2 Å². The first kappa shape index (κ1) is 9.38. The zero-order chi connectivity index (χ0) is 9.84. The molecule has 0 aliphatic carbocycles. The van der Waals surface area contributed by atoms with Crippen molar-refractivity contribution >= 4 is 11.8 Å². The van der Waals surface area contributed by atoms with Crippen molar-refractivity contribution in [3.63, 3.8) is 0 Å². The summed E-state index contributed by atoms with van der Waals surface area (Å²) in [6, 6.07) is 4.82. The van der Waals surface area contributed by atoms with E-state index in [0.717, 1.165) is 0 Å². The first-order chi connectivity index (χ1) is 6.13. The van der Waals surface area contributed by atoms with Gasteiger partial charge in [-0.15, -0.1) is 0 Å². The molecule has 0 saturated heterocycles. The number of ketones is 1. The van der Waals surface area contributed by atoms with Crippen LogP contribution in [0.3, 0.4) is 0 Å². The van der Waals surface area contributed by atoms with Gasteiger partial charge in [0.15, 0.2) is 5.78 Å². The molecule has 4 heteroatoms. The van der Waals surface area contributed by atoms with E-state index >= 15 is 0 Å². The first-order valence-corrected chi connectivity index (χ1v) is 3.81. The maximum Gasteiger partial charge on any atom is 0.314 e. The van der Waals surface area contributed by atoms with Crippen molar-refractivity contribution < 1.29 is 14.7 Å². The summed E-state index contributed by atoms with van der Waals surface area (Å²) in [5, 5.41) is 8.57.